The third kappa shape index (κ3) is 189. The molecule has 6 N–H and O–H groups in total. The van der Waals surface area contributed by atoms with Crippen molar-refractivity contribution in [2.75, 3.05) is 0 Å². The first-order valence-corrected chi connectivity index (χ1v) is 0. The van der Waals surface area contributed by atoms with Gasteiger partial charge in [-0.15, -0.1) is 0 Å². The molecule has 0 spiro atoms. The van der Waals surface area contributed by atoms with Crippen molar-refractivity contribution in [3.63, 3.8) is 0 Å². The maximum atomic E-state index is 0. The summed E-state index contributed by atoms with van der Waals surface area (Å²) in [6.45, 7) is 0. The number of hydrogen-bond acceptors (Lipinski definition) is 6. The second-order valence-electron chi connectivity index (χ2n) is 0. The summed E-state index contributed by atoms with van der Waals surface area (Å²) >= 11 is 0. The summed E-state index contributed by atoms with van der Waals surface area (Å²) in [5.41, 5.74) is 0. The van der Waals surface area contributed by atoms with E-state index in [1.165, 1.54) is 0 Å². The van der Waals surface area contributed by atoms with Crippen molar-refractivity contribution in [1.82, 2.24) is 0 Å². The average Bonchev–Trinajstić information content (AvgIpc) is 0. The predicted molar refractivity (Wildman–Crippen MR) is 17.4 cm³/mol. The molecule has 8 heteroatoms. The van der Waals surface area contributed by atoms with E-state index in [0.717, 1.165) is 0 Å². The molecule has 50 valence electrons. The van der Waals surface area contributed by atoms with Crippen molar-refractivity contribution in [3.05, 3.63) is 0 Å². The Morgan fingerprint density at radius 1 is 0.375 bits per heavy atom. The molecule has 0 aromatic heterocycles. The predicted octanol–water partition coefficient (Wildman–Crippen LogP) is -1.44. The Kier molecular flexibility index (Phi) is 15300. The maximum Gasteiger partial charge on any atom is 4.00 e. The normalized spacial score (nSPS) is 0. The van der Waals surface area contributed by atoms with E-state index in [2.05, 4.69) is 0 Å². The van der Waals surface area contributed by atoms with Crippen LogP contribution in [0.25, 0.3) is 0 Å². The van der Waals surface area contributed by atoms with Gasteiger partial charge in [-0.3, -0.25) is 0 Å². The molecule has 0 fully saturated rings. The first kappa shape index (κ1) is 422. The Morgan fingerprint density at radius 3 is 0.375 bits per heavy atom. The van der Waals surface area contributed by atoms with Crippen molar-refractivity contribution in [2.24, 2.45) is 0 Å². The van der Waals surface area contributed by atoms with Gasteiger partial charge in [0.05, 0.1) is 0 Å². The summed E-state index contributed by atoms with van der Waals surface area (Å²) in [5.74, 6) is 0. The molecular weight excluding hydrogens is 304 g/mol. The summed E-state index contributed by atoms with van der Waals surface area (Å²) < 4.78 is 0. The van der Waals surface area contributed by atoms with Crippen LogP contribution in [0.15, 0.2) is 0 Å². The van der Waals surface area contributed by atoms with Crippen LogP contribution in [-0.4, -0.2) is 55.9 Å². The molecule has 0 aromatic rings. The van der Waals surface area contributed by atoms with Crippen molar-refractivity contribution in [3.8, 4) is 0 Å². The quantitative estimate of drug-likeness (QED) is 0.493. The van der Waals surface area contributed by atoms with E-state index >= 15 is 0 Å². The van der Waals surface area contributed by atoms with Crippen LogP contribution in [0, 0.1) is 0 Å². The Hall–Kier alpha value is 1.21. The molecule has 0 aromatic carbocycles. The van der Waals surface area contributed by atoms with Gasteiger partial charge in [0.1, 0.15) is 0 Å². The fourth-order valence-electron chi connectivity index (χ4n) is 0. The van der Waals surface area contributed by atoms with Gasteiger partial charge in [0, 0.05) is 0 Å². The van der Waals surface area contributed by atoms with Gasteiger partial charge >= 0.3 is 44.1 Å². The first-order valence-electron chi connectivity index (χ1n) is 0. The summed E-state index contributed by atoms with van der Waals surface area (Å²) in [6.07, 6.45) is 0. The van der Waals surface area contributed by atoms with Crippen LogP contribution in [0.1, 0.15) is 0 Å². The minimum atomic E-state index is 0. The largest absolute Gasteiger partial charge is 4.00 e. The van der Waals surface area contributed by atoms with E-state index in [0.29, 0.717) is 0 Å². The topological polar surface area (TPSA) is 180 Å². The van der Waals surface area contributed by atoms with Gasteiger partial charge < -0.3 is 32.9 Å². The van der Waals surface area contributed by atoms with E-state index in [-0.39, 0.29) is 77.0 Å². The molecule has 0 atom stereocenters. The Labute approximate surface area is 76.9 Å². The van der Waals surface area contributed by atoms with Crippen LogP contribution in [0.3, 0.4) is 0 Å². The standard InChI is InChI=1S/Mg.6H2O.W/h;6*1H2;/q+2;;;;;;;+4/p-6. The Balaban J connectivity index is 0. The molecule has 0 heterocycles. The average molecular weight is 310 g/mol. The molecule has 0 rings (SSSR count). The minimum absolute atomic E-state index is 0. The molecule has 0 aliphatic rings. The third-order valence-electron chi connectivity index (χ3n) is 0. The van der Waals surface area contributed by atoms with Crippen LogP contribution in [0.2, 0.25) is 0 Å². The summed E-state index contributed by atoms with van der Waals surface area (Å²) in [7, 11) is 0. The van der Waals surface area contributed by atoms with E-state index in [4.69, 9.17) is 0 Å². The number of rotatable bonds is 0. The molecule has 0 unspecified atom stereocenters. The molecule has 0 aliphatic carbocycles. The maximum absolute atomic E-state index is 0. The SMILES string of the molecule is [Mg+2].[OH-].[OH-].[OH-].[OH-].[OH-].[OH-].[W+4]. The number of hydrogen-bond donors (Lipinski definition) is 0. The second kappa shape index (κ2) is 290. The van der Waals surface area contributed by atoms with Crippen LogP contribution >= 0.6 is 0 Å². The summed E-state index contributed by atoms with van der Waals surface area (Å²) in [6, 6.07) is 0. The van der Waals surface area contributed by atoms with Crippen LogP contribution in [-0.2, 0) is 21.1 Å². The Morgan fingerprint density at radius 2 is 0.375 bits per heavy atom. The molecule has 0 aliphatic heterocycles. The van der Waals surface area contributed by atoms with Crippen LogP contribution in [0.5, 0.6) is 0 Å². The summed E-state index contributed by atoms with van der Waals surface area (Å²) in [5, 5.41) is 0. The Bertz CT molecular complexity index is 8.49. The summed E-state index contributed by atoms with van der Waals surface area (Å²) in [4.78, 5) is 0. The smallest absolute Gasteiger partial charge is 0.870 e. The fraction of sp³-hybridized carbons (Fsp3) is 0. The first-order chi connectivity index (χ1) is 0. The van der Waals surface area contributed by atoms with E-state index in [1.54, 1.807) is 0 Å². The molecule has 8 heavy (non-hydrogen) atoms. The molecular formula is H6MgO6W. The third-order valence-corrected chi connectivity index (χ3v) is 0. The van der Waals surface area contributed by atoms with Crippen molar-refractivity contribution >= 4 is 23.1 Å². The minimum Gasteiger partial charge on any atom is -0.870 e. The molecule has 0 radical (unpaired) electrons. The van der Waals surface area contributed by atoms with E-state index in [1.807, 2.05) is 0 Å². The molecule has 0 amide bonds. The molecule has 0 saturated carbocycles. The zero-order chi connectivity index (χ0) is 0. The zero-order valence-electron chi connectivity index (χ0n) is 3.80. The molecule has 6 nitrogen and oxygen atoms in total. The zero-order valence-corrected chi connectivity index (χ0v) is 8.15. The molecule has 0 saturated heterocycles. The van der Waals surface area contributed by atoms with Crippen molar-refractivity contribution in [1.29, 1.82) is 0 Å². The van der Waals surface area contributed by atoms with Gasteiger partial charge in [0.2, 0.25) is 0 Å². The fourth-order valence-corrected chi connectivity index (χ4v) is 0. The van der Waals surface area contributed by atoms with Gasteiger partial charge in [0.25, 0.3) is 0 Å². The van der Waals surface area contributed by atoms with Crippen LogP contribution < -0.4 is 0 Å². The van der Waals surface area contributed by atoms with Crippen LogP contribution in [0.4, 0.5) is 0 Å². The van der Waals surface area contributed by atoms with E-state index in [9.17, 15) is 0 Å². The van der Waals surface area contributed by atoms with Gasteiger partial charge in [-0.05, 0) is 0 Å². The van der Waals surface area contributed by atoms with Crippen molar-refractivity contribution in [2.45, 2.75) is 0 Å². The molecule has 0 bridgehead atoms. The van der Waals surface area contributed by atoms with Gasteiger partial charge in [0.15, 0.2) is 0 Å². The van der Waals surface area contributed by atoms with Crippen molar-refractivity contribution < 1.29 is 53.9 Å². The van der Waals surface area contributed by atoms with Gasteiger partial charge in [-0.2, -0.15) is 0 Å². The second-order valence-corrected chi connectivity index (χ2v) is 0. The monoisotopic (exact) mass is 310 g/mol. The van der Waals surface area contributed by atoms with Gasteiger partial charge in [-0.25, -0.2) is 0 Å². The van der Waals surface area contributed by atoms with Gasteiger partial charge in [-0.1, -0.05) is 0 Å². The van der Waals surface area contributed by atoms with E-state index < -0.39 is 0 Å².